The van der Waals surface area contributed by atoms with Crippen LogP contribution in [0.4, 0.5) is 0 Å². The number of nitrogens with zero attached hydrogens (tertiary/aromatic N) is 1. The fraction of sp³-hybridized carbons (Fsp3) is 0.429. The van der Waals surface area contributed by atoms with E-state index in [-0.39, 0.29) is 18.4 Å². The highest BCUT2D eigenvalue weighted by Crippen LogP contribution is 2.13. The summed E-state index contributed by atoms with van der Waals surface area (Å²) < 4.78 is 0. The van der Waals surface area contributed by atoms with Crippen LogP contribution in [0.5, 0.6) is 0 Å². The van der Waals surface area contributed by atoms with E-state index in [0.29, 0.717) is 18.1 Å². The van der Waals surface area contributed by atoms with Crippen molar-refractivity contribution in [3.8, 4) is 0 Å². The second kappa shape index (κ2) is 7.87. The molecule has 0 spiro atoms. The van der Waals surface area contributed by atoms with Crippen LogP contribution in [0, 0.1) is 0 Å². The number of benzene rings is 1. The molecule has 0 saturated heterocycles. The number of amides is 2. The summed E-state index contributed by atoms with van der Waals surface area (Å²) in [5.41, 5.74) is 1.00. The lowest BCUT2D eigenvalue weighted by Crippen LogP contribution is -3.08. The van der Waals surface area contributed by atoms with Gasteiger partial charge in [0, 0.05) is 24.7 Å². The molecule has 1 aromatic carbocycles. The first-order chi connectivity index (χ1) is 9.40. The molecule has 0 saturated carbocycles. The Kier molecular flexibility index (Phi) is 6.48. The first-order valence-electron chi connectivity index (χ1n) is 6.41. The quantitative estimate of drug-likeness (QED) is 0.748. The third kappa shape index (κ3) is 5.59. The molecule has 0 aliphatic rings. The van der Waals surface area contributed by atoms with E-state index >= 15 is 0 Å². The van der Waals surface area contributed by atoms with Crippen LogP contribution in [0.1, 0.15) is 5.56 Å². The van der Waals surface area contributed by atoms with Gasteiger partial charge in [0.05, 0.1) is 13.6 Å². The molecule has 0 heterocycles. The molecule has 2 amide bonds. The molecule has 0 radical (unpaired) electrons. The Hall–Kier alpha value is -1.59. The van der Waals surface area contributed by atoms with E-state index in [1.807, 2.05) is 31.3 Å². The van der Waals surface area contributed by atoms with Crippen LogP contribution in [0.3, 0.4) is 0 Å². The zero-order chi connectivity index (χ0) is 15.1. The fourth-order valence-electron chi connectivity index (χ4n) is 1.70. The molecule has 1 rings (SSSR count). The highest BCUT2D eigenvalue weighted by molar-refractivity contribution is 6.31. The number of carbonyl (C=O) groups is 2. The average Bonchev–Trinajstić information content (AvgIpc) is 2.38. The monoisotopic (exact) mass is 298 g/mol. The van der Waals surface area contributed by atoms with Crippen molar-refractivity contribution in [2.75, 3.05) is 34.2 Å². The van der Waals surface area contributed by atoms with Crippen molar-refractivity contribution in [2.45, 2.75) is 6.54 Å². The molecule has 0 aliphatic carbocycles. The van der Waals surface area contributed by atoms with Crippen molar-refractivity contribution >= 4 is 23.4 Å². The van der Waals surface area contributed by atoms with Gasteiger partial charge in [-0.1, -0.05) is 29.8 Å². The normalized spacial score (nSPS) is 11.8. The van der Waals surface area contributed by atoms with Crippen molar-refractivity contribution in [3.63, 3.8) is 0 Å². The Morgan fingerprint density at radius 2 is 1.95 bits per heavy atom. The van der Waals surface area contributed by atoms with Crippen LogP contribution in [-0.4, -0.2) is 50.9 Å². The number of hydrogen-bond acceptors (Lipinski definition) is 2. The minimum Gasteiger partial charge on any atom is -0.347 e. The van der Waals surface area contributed by atoms with Gasteiger partial charge in [0.1, 0.15) is 6.54 Å². The van der Waals surface area contributed by atoms with Gasteiger partial charge in [-0.2, -0.15) is 0 Å². The van der Waals surface area contributed by atoms with Crippen LogP contribution >= 0.6 is 11.6 Å². The summed E-state index contributed by atoms with van der Waals surface area (Å²) in [4.78, 5) is 25.5. The van der Waals surface area contributed by atoms with E-state index in [1.165, 1.54) is 4.90 Å². The molecular formula is C14H21ClN3O2+. The van der Waals surface area contributed by atoms with Crippen molar-refractivity contribution in [2.24, 2.45) is 0 Å². The summed E-state index contributed by atoms with van der Waals surface area (Å²) in [6, 6.07) is 7.57. The summed E-state index contributed by atoms with van der Waals surface area (Å²) in [5, 5.41) is 3.31. The molecule has 0 bridgehead atoms. The molecule has 2 N–H and O–H groups in total. The van der Waals surface area contributed by atoms with E-state index < -0.39 is 0 Å². The number of carbonyl (C=O) groups excluding carboxylic acids is 2. The number of nitrogens with one attached hydrogen (secondary N) is 2. The summed E-state index contributed by atoms with van der Waals surface area (Å²) in [6.07, 6.45) is 0. The molecule has 1 aromatic rings. The van der Waals surface area contributed by atoms with Gasteiger partial charge < -0.3 is 15.1 Å². The highest BCUT2D eigenvalue weighted by Gasteiger charge is 2.13. The molecule has 0 aromatic heterocycles. The number of rotatable bonds is 6. The van der Waals surface area contributed by atoms with E-state index in [2.05, 4.69) is 5.32 Å². The largest absolute Gasteiger partial charge is 0.347 e. The minimum absolute atomic E-state index is 0.0329. The number of hydrogen-bond donors (Lipinski definition) is 2. The maximum atomic E-state index is 11.7. The van der Waals surface area contributed by atoms with Crippen molar-refractivity contribution in [1.29, 1.82) is 0 Å². The third-order valence-electron chi connectivity index (χ3n) is 2.85. The lowest BCUT2D eigenvalue weighted by atomic mass is 10.2. The Balaban J connectivity index is 2.39. The fourth-order valence-corrected chi connectivity index (χ4v) is 1.90. The number of halogens is 1. The zero-order valence-electron chi connectivity index (χ0n) is 12.1. The second-order valence-electron chi connectivity index (χ2n) is 4.97. The van der Waals surface area contributed by atoms with Gasteiger partial charge in [0.25, 0.3) is 5.91 Å². The van der Waals surface area contributed by atoms with Crippen molar-refractivity contribution in [3.05, 3.63) is 34.9 Å². The van der Waals surface area contributed by atoms with Gasteiger partial charge in [-0.3, -0.25) is 9.59 Å². The van der Waals surface area contributed by atoms with Gasteiger partial charge in [-0.15, -0.1) is 0 Å². The van der Waals surface area contributed by atoms with Gasteiger partial charge in [0.2, 0.25) is 5.91 Å². The van der Waals surface area contributed by atoms with E-state index in [0.717, 1.165) is 10.5 Å². The predicted octanol–water partition coefficient (Wildman–Crippen LogP) is -0.441. The molecule has 110 valence electrons. The molecule has 6 heteroatoms. The smallest absolute Gasteiger partial charge is 0.275 e. The average molecular weight is 299 g/mol. The van der Waals surface area contributed by atoms with Gasteiger partial charge in [-0.25, -0.2) is 0 Å². The second-order valence-corrected chi connectivity index (χ2v) is 5.37. The Morgan fingerprint density at radius 1 is 1.30 bits per heavy atom. The molecule has 1 unspecified atom stereocenters. The summed E-state index contributed by atoms with van der Waals surface area (Å²) in [5.74, 6) is -0.271. The Labute approximate surface area is 124 Å². The molecular weight excluding hydrogens is 278 g/mol. The molecule has 5 nitrogen and oxygen atoms in total. The first kappa shape index (κ1) is 16.5. The van der Waals surface area contributed by atoms with E-state index in [9.17, 15) is 9.59 Å². The van der Waals surface area contributed by atoms with Gasteiger partial charge >= 0.3 is 0 Å². The van der Waals surface area contributed by atoms with E-state index in [4.69, 9.17) is 11.6 Å². The Bertz CT molecular complexity index is 477. The SMILES string of the molecule is CN(C)C(=O)CNC(=O)C[NH+](C)Cc1ccccc1Cl. The van der Waals surface area contributed by atoms with Crippen LogP contribution < -0.4 is 10.2 Å². The topological polar surface area (TPSA) is 53.9 Å². The molecule has 1 atom stereocenters. The zero-order valence-corrected chi connectivity index (χ0v) is 12.8. The summed E-state index contributed by atoms with van der Waals surface area (Å²) in [7, 11) is 5.23. The van der Waals surface area contributed by atoms with Crippen molar-refractivity contribution < 1.29 is 14.5 Å². The lowest BCUT2D eigenvalue weighted by Gasteiger charge is -2.15. The Morgan fingerprint density at radius 3 is 2.55 bits per heavy atom. The van der Waals surface area contributed by atoms with Crippen LogP contribution in [0.2, 0.25) is 5.02 Å². The maximum absolute atomic E-state index is 11.7. The summed E-state index contributed by atoms with van der Waals surface area (Å²) in [6.45, 7) is 0.992. The molecule has 20 heavy (non-hydrogen) atoms. The van der Waals surface area contributed by atoms with Gasteiger partial charge in [-0.05, 0) is 6.07 Å². The standard InChI is InChI=1S/C14H20ClN3O2/c1-17(2)14(20)8-16-13(19)10-18(3)9-11-6-4-5-7-12(11)15/h4-7H,8-10H2,1-3H3,(H,16,19)/p+1. The number of likely N-dealkylation sites (N-methyl/N-ethyl adjacent to an activating group) is 2. The van der Waals surface area contributed by atoms with Crippen LogP contribution in [0.25, 0.3) is 0 Å². The van der Waals surface area contributed by atoms with E-state index in [1.54, 1.807) is 14.1 Å². The highest BCUT2D eigenvalue weighted by atomic mass is 35.5. The third-order valence-corrected chi connectivity index (χ3v) is 3.22. The molecule has 0 fully saturated rings. The van der Waals surface area contributed by atoms with Gasteiger partial charge in [0.15, 0.2) is 6.54 Å². The maximum Gasteiger partial charge on any atom is 0.275 e. The predicted molar refractivity (Wildman–Crippen MR) is 78.6 cm³/mol. The number of quaternary nitrogens is 1. The molecule has 0 aliphatic heterocycles. The van der Waals surface area contributed by atoms with Crippen molar-refractivity contribution in [1.82, 2.24) is 10.2 Å². The first-order valence-corrected chi connectivity index (χ1v) is 6.79. The lowest BCUT2D eigenvalue weighted by molar-refractivity contribution is -0.885. The van der Waals surface area contributed by atoms with Crippen LogP contribution in [0.15, 0.2) is 24.3 Å². The van der Waals surface area contributed by atoms with Crippen LogP contribution in [-0.2, 0) is 16.1 Å². The minimum atomic E-state index is -0.148. The summed E-state index contributed by atoms with van der Waals surface area (Å²) >= 11 is 6.08.